The SMILES string of the molecule is CC1(C)[C@@H]2CC[C@]1(C)[C@H](NC(=O)N1CCN(c3ncccn3)CC1)C2. The summed E-state index contributed by atoms with van der Waals surface area (Å²) in [6.07, 6.45) is 7.20. The Labute approximate surface area is 150 Å². The van der Waals surface area contributed by atoms with Crippen LogP contribution in [0.1, 0.15) is 40.0 Å². The van der Waals surface area contributed by atoms with Crippen molar-refractivity contribution in [2.45, 2.75) is 46.1 Å². The molecule has 1 saturated heterocycles. The molecule has 3 aliphatic rings. The molecule has 1 aromatic rings. The van der Waals surface area contributed by atoms with Crippen LogP contribution in [0.15, 0.2) is 18.5 Å². The highest BCUT2D eigenvalue weighted by Crippen LogP contribution is 2.65. The number of piperazine rings is 1. The number of carbonyl (C=O) groups is 1. The molecule has 6 nitrogen and oxygen atoms in total. The van der Waals surface area contributed by atoms with Crippen molar-refractivity contribution < 1.29 is 4.79 Å². The van der Waals surface area contributed by atoms with Crippen molar-refractivity contribution in [2.75, 3.05) is 31.1 Å². The molecule has 2 saturated carbocycles. The molecular formula is C19H29N5O. The van der Waals surface area contributed by atoms with Gasteiger partial charge in [0.1, 0.15) is 0 Å². The van der Waals surface area contributed by atoms with Crippen molar-refractivity contribution in [3.05, 3.63) is 18.5 Å². The molecule has 1 aliphatic heterocycles. The Bertz CT molecular complexity index is 640. The van der Waals surface area contributed by atoms with Crippen LogP contribution in [0.3, 0.4) is 0 Å². The molecule has 2 aliphatic carbocycles. The normalized spacial score (nSPS) is 33.6. The summed E-state index contributed by atoms with van der Waals surface area (Å²) in [5.41, 5.74) is 0.557. The molecule has 25 heavy (non-hydrogen) atoms. The molecule has 2 bridgehead atoms. The van der Waals surface area contributed by atoms with Crippen LogP contribution >= 0.6 is 0 Å². The van der Waals surface area contributed by atoms with Crippen molar-refractivity contribution in [1.82, 2.24) is 20.2 Å². The Morgan fingerprint density at radius 1 is 1.16 bits per heavy atom. The molecule has 136 valence electrons. The highest BCUT2D eigenvalue weighted by Gasteiger charge is 2.61. The molecule has 0 radical (unpaired) electrons. The van der Waals surface area contributed by atoms with Crippen molar-refractivity contribution in [3.63, 3.8) is 0 Å². The zero-order valence-electron chi connectivity index (χ0n) is 15.5. The first-order valence-corrected chi connectivity index (χ1v) is 9.49. The van der Waals surface area contributed by atoms with Crippen molar-refractivity contribution in [1.29, 1.82) is 0 Å². The summed E-state index contributed by atoms with van der Waals surface area (Å²) in [5, 5.41) is 3.37. The third-order valence-electron chi connectivity index (χ3n) is 7.49. The van der Waals surface area contributed by atoms with E-state index in [9.17, 15) is 4.79 Å². The highest BCUT2D eigenvalue weighted by atomic mass is 16.2. The fourth-order valence-corrected chi connectivity index (χ4v) is 5.23. The standard InChI is InChI=1S/C19H29N5O/c1-18(2)14-5-6-19(18,3)15(13-14)22-17(25)24-11-9-23(10-12-24)16-20-7-4-8-21-16/h4,7-8,14-15H,5-6,9-13H2,1-3H3,(H,22,25)/t14-,15-,19-/m1/s1. The lowest BCUT2D eigenvalue weighted by atomic mass is 9.69. The molecule has 3 atom stereocenters. The van der Waals surface area contributed by atoms with Crippen molar-refractivity contribution in [3.8, 4) is 0 Å². The Morgan fingerprint density at radius 2 is 1.84 bits per heavy atom. The lowest BCUT2D eigenvalue weighted by molar-refractivity contribution is 0.117. The second-order valence-electron chi connectivity index (χ2n) is 8.64. The molecule has 3 fully saturated rings. The van der Waals surface area contributed by atoms with Gasteiger partial charge in [0, 0.05) is 44.6 Å². The maximum atomic E-state index is 12.8. The summed E-state index contributed by atoms with van der Waals surface area (Å²) < 4.78 is 0. The van der Waals surface area contributed by atoms with Gasteiger partial charge in [0.25, 0.3) is 0 Å². The summed E-state index contributed by atoms with van der Waals surface area (Å²) in [7, 11) is 0. The smallest absolute Gasteiger partial charge is 0.317 e. The number of nitrogens with one attached hydrogen (secondary N) is 1. The second-order valence-corrected chi connectivity index (χ2v) is 8.64. The van der Waals surface area contributed by atoms with E-state index in [2.05, 4.69) is 41.0 Å². The fraction of sp³-hybridized carbons (Fsp3) is 0.737. The van der Waals surface area contributed by atoms with E-state index in [1.807, 2.05) is 11.0 Å². The van der Waals surface area contributed by atoms with Crippen LogP contribution in [0.4, 0.5) is 10.7 Å². The van der Waals surface area contributed by atoms with Crippen LogP contribution in [-0.4, -0.2) is 53.1 Å². The predicted molar refractivity (Wildman–Crippen MR) is 97.4 cm³/mol. The Kier molecular flexibility index (Phi) is 3.89. The zero-order chi connectivity index (χ0) is 17.7. The largest absolute Gasteiger partial charge is 0.337 e. The van der Waals surface area contributed by atoms with E-state index < -0.39 is 0 Å². The minimum atomic E-state index is 0.100. The summed E-state index contributed by atoms with van der Waals surface area (Å²) >= 11 is 0. The number of hydrogen-bond donors (Lipinski definition) is 1. The number of carbonyl (C=O) groups excluding carboxylic acids is 1. The van der Waals surface area contributed by atoms with Gasteiger partial charge in [0.05, 0.1) is 0 Å². The monoisotopic (exact) mass is 343 g/mol. The molecule has 1 aromatic heterocycles. The summed E-state index contributed by atoms with van der Waals surface area (Å²) in [5.74, 6) is 1.50. The van der Waals surface area contributed by atoms with Gasteiger partial charge in [0.2, 0.25) is 5.95 Å². The number of rotatable bonds is 2. The quantitative estimate of drug-likeness (QED) is 0.896. The van der Waals surface area contributed by atoms with Crippen molar-refractivity contribution >= 4 is 12.0 Å². The summed E-state index contributed by atoms with van der Waals surface area (Å²) in [6, 6.07) is 2.23. The third kappa shape index (κ3) is 2.57. The zero-order valence-corrected chi connectivity index (χ0v) is 15.5. The minimum absolute atomic E-state index is 0.100. The van der Waals surface area contributed by atoms with Crippen LogP contribution in [0.5, 0.6) is 0 Å². The lowest BCUT2D eigenvalue weighted by Gasteiger charge is -2.41. The van der Waals surface area contributed by atoms with Gasteiger partial charge in [-0.2, -0.15) is 0 Å². The van der Waals surface area contributed by atoms with E-state index in [4.69, 9.17) is 0 Å². The number of nitrogens with zero attached hydrogens (tertiary/aromatic N) is 4. The molecule has 2 heterocycles. The van der Waals surface area contributed by atoms with Crippen LogP contribution in [-0.2, 0) is 0 Å². The van der Waals surface area contributed by atoms with Gasteiger partial charge in [-0.25, -0.2) is 14.8 Å². The number of amides is 2. The number of fused-ring (bicyclic) bond motifs is 2. The molecule has 0 spiro atoms. The van der Waals surface area contributed by atoms with E-state index in [-0.39, 0.29) is 11.4 Å². The van der Waals surface area contributed by atoms with Gasteiger partial charge in [-0.1, -0.05) is 20.8 Å². The number of anilines is 1. The molecule has 2 amide bonds. The topological polar surface area (TPSA) is 61.4 Å². The van der Waals surface area contributed by atoms with Crippen LogP contribution in [0.25, 0.3) is 0 Å². The Hall–Kier alpha value is -1.85. The second kappa shape index (κ2) is 5.85. The Balaban J connectivity index is 1.35. The lowest BCUT2D eigenvalue weighted by Crippen LogP contribution is -2.56. The van der Waals surface area contributed by atoms with Crippen LogP contribution in [0.2, 0.25) is 0 Å². The molecule has 1 N–H and O–H groups in total. The maximum absolute atomic E-state index is 12.8. The highest BCUT2D eigenvalue weighted by molar-refractivity contribution is 5.75. The van der Waals surface area contributed by atoms with Gasteiger partial charge in [0.15, 0.2) is 0 Å². The fourth-order valence-electron chi connectivity index (χ4n) is 5.23. The van der Waals surface area contributed by atoms with E-state index >= 15 is 0 Å². The predicted octanol–water partition coefficient (Wildman–Crippen LogP) is 2.52. The van der Waals surface area contributed by atoms with E-state index in [1.165, 1.54) is 12.8 Å². The molecule has 6 heteroatoms. The molecule has 4 rings (SSSR count). The summed E-state index contributed by atoms with van der Waals surface area (Å²) in [6.45, 7) is 10.2. The first kappa shape index (κ1) is 16.6. The number of urea groups is 1. The van der Waals surface area contributed by atoms with Gasteiger partial charge >= 0.3 is 6.03 Å². The first-order valence-electron chi connectivity index (χ1n) is 9.49. The van der Waals surface area contributed by atoms with Crippen LogP contribution in [0, 0.1) is 16.7 Å². The average Bonchev–Trinajstić information content (AvgIpc) is 2.96. The van der Waals surface area contributed by atoms with Gasteiger partial charge in [-0.05, 0) is 42.1 Å². The Morgan fingerprint density at radius 3 is 2.40 bits per heavy atom. The third-order valence-corrected chi connectivity index (χ3v) is 7.49. The van der Waals surface area contributed by atoms with Gasteiger partial charge in [-0.3, -0.25) is 0 Å². The average molecular weight is 343 g/mol. The molecule has 0 aromatic carbocycles. The minimum Gasteiger partial charge on any atom is -0.337 e. The van der Waals surface area contributed by atoms with Crippen molar-refractivity contribution in [2.24, 2.45) is 16.7 Å². The van der Waals surface area contributed by atoms with E-state index in [0.717, 1.165) is 44.5 Å². The maximum Gasteiger partial charge on any atom is 0.317 e. The molecule has 0 unspecified atom stereocenters. The molecular weight excluding hydrogens is 314 g/mol. The number of hydrogen-bond acceptors (Lipinski definition) is 4. The van der Waals surface area contributed by atoms with E-state index in [1.54, 1.807) is 12.4 Å². The first-order chi connectivity index (χ1) is 11.9. The summed E-state index contributed by atoms with van der Waals surface area (Å²) in [4.78, 5) is 25.5. The van der Waals surface area contributed by atoms with Gasteiger partial charge in [-0.15, -0.1) is 0 Å². The van der Waals surface area contributed by atoms with E-state index in [0.29, 0.717) is 11.5 Å². The van der Waals surface area contributed by atoms with Crippen LogP contribution < -0.4 is 10.2 Å². The van der Waals surface area contributed by atoms with Gasteiger partial charge < -0.3 is 15.1 Å². The number of aromatic nitrogens is 2.